The molecule has 2 aromatic carbocycles. The smallest absolute Gasteiger partial charge is 0.223 e. The second-order valence-electron chi connectivity index (χ2n) is 7.52. The minimum atomic E-state index is 0.240. The van der Waals surface area contributed by atoms with Crippen molar-refractivity contribution in [1.82, 2.24) is 15.2 Å². The van der Waals surface area contributed by atoms with Crippen molar-refractivity contribution in [2.24, 2.45) is 0 Å². The van der Waals surface area contributed by atoms with Gasteiger partial charge in [-0.1, -0.05) is 42.5 Å². The van der Waals surface area contributed by atoms with Crippen molar-refractivity contribution >= 4 is 17.2 Å². The van der Waals surface area contributed by atoms with Crippen molar-refractivity contribution in [3.05, 3.63) is 70.5 Å². The number of ether oxygens (including phenoxy) is 1. The molecule has 0 aliphatic carbocycles. The van der Waals surface area contributed by atoms with E-state index in [0.29, 0.717) is 13.0 Å². The standard InChI is InChI=1S/C24H27N3O2S/c1-29-21-9-5-6-18(14-21)15-25-13-12-20-10-11-24(28)27(20)16-23-26-22(17-30-23)19-7-3-2-4-8-19/h2-9,14,17,20,25H,10-13,15-16H2,1H3. The Morgan fingerprint density at radius 3 is 2.90 bits per heavy atom. The number of hydrogen-bond donors (Lipinski definition) is 1. The molecule has 1 aromatic heterocycles. The van der Waals surface area contributed by atoms with Crippen LogP contribution in [0.25, 0.3) is 11.3 Å². The highest BCUT2D eigenvalue weighted by Crippen LogP contribution is 2.27. The predicted molar refractivity (Wildman–Crippen MR) is 120 cm³/mol. The molecule has 4 rings (SSSR count). The SMILES string of the molecule is COc1cccc(CNCCC2CCC(=O)N2Cc2nc(-c3ccccc3)cs2)c1. The van der Waals surface area contributed by atoms with E-state index >= 15 is 0 Å². The zero-order valence-corrected chi connectivity index (χ0v) is 18.0. The van der Waals surface area contributed by atoms with Gasteiger partial charge in [0.15, 0.2) is 0 Å². The van der Waals surface area contributed by atoms with E-state index in [0.717, 1.165) is 47.9 Å². The fraction of sp³-hybridized carbons (Fsp3) is 0.333. The number of carbonyl (C=O) groups is 1. The molecule has 0 spiro atoms. The maximum Gasteiger partial charge on any atom is 0.223 e. The molecule has 2 heterocycles. The Hall–Kier alpha value is -2.70. The van der Waals surface area contributed by atoms with Crippen LogP contribution < -0.4 is 10.1 Å². The first-order valence-corrected chi connectivity index (χ1v) is 11.2. The third kappa shape index (κ3) is 5.07. The van der Waals surface area contributed by atoms with Gasteiger partial charge in [-0.25, -0.2) is 4.98 Å². The monoisotopic (exact) mass is 421 g/mol. The van der Waals surface area contributed by atoms with Gasteiger partial charge in [-0.3, -0.25) is 4.79 Å². The molecule has 1 saturated heterocycles. The fourth-order valence-electron chi connectivity index (χ4n) is 3.87. The number of rotatable bonds is 9. The lowest BCUT2D eigenvalue weighted by atomic mass is 10.1. The van der Waals surface area contributed by atoms with Gasteiger partial charge in [-0.05, 0) is 37.1 Å². The van der Waals surface area contributed by atoms with Crippen LogP contribution in [-0.2, 0) is 17.9 Å². The molecule has 0 saturated carbocycles. The van der Waals surface area contributed by atoms with Crippen LogP contribution in [-0.4, -0.2) is 35.5 Å². The molecule has 3 aromatic rings. The number of carbonyl (C=O) groups excluding carboxylic acids is 1. The highest BCUT2D eigenvalue weighted by atomic mass is 32.1. The molecular weight excluding hydrogens is 394 g/mol. The van der Waals surface area contributed by atoms with Gasteiger partial charge in [0.25, 0.3) is 0 Å². The quantitative estimate of drug-likeness (QED) is 0.517. The van der Waals surface area contributed by atoms with Crippen LogP contribution in [0.3, 0.4) is 0 Å². The Labute approximate surface area is 181 Å². The molecular formula is C24H27N3O2S. The summed E-state index contributed by atoms with van der Waals surface area (Å²) < 4.78 is 5.28. The molecule has 0 radical (unpaired) electrons. The highest BCUT2D eigenvalue weighted by molar-refractivity contribution is 7.09. The van der Waals surface area contributed by atoms with Crippen molar-refractivity contribution < 1.29 is 9.53 Å². The second kappa shape index (κ2) is 9.87. The molecule has 1 amide bonds. The lowest BCUT2D eigenvalue weighted by Gasteiger charge is -2.24. The summed E-state index contributed by atoms with van der Waals surface area (Å²) in [5.41, 5.74) is 3.30. The average molecular weight is 422 g/mol. The number of thiazole rings is 1. The minimum absolute atomic E-state index is 0.240. The third-order valence-electron chi connectivity index (χ3n) is 5.50. The van der Waals surface area contributed by atoms with E-state index in [1.54, 1.807) is 18.4 Å². The molecule has 30 heavy (non-hydrogen) atoms. The second-order valence-corrected chi connectivity index (χ2v) is 8.47. The summed E-state index contributed by atoms with van der Waals surface area (Å²) in [6, 6.07) is 18.6. The summed E-state index contributed by atoms with van der Waals surface area (Å²) >= 11 is 1.63. The first-order chi connectivity index (χ1) is 14.7. The molecule has 1 aliphatic heterocycles. The third-order valence-corrected chi connectivity index (χ3v) is 6.33. The lowest BCUT2D eigenvalue weighted by Crippen LogP contribution is -2.34. The molecule has 156 valence electrons. The maximum absolute atomic E-state index is 12.5. The van der Waals surface area contributed by atoms with E-state index < -0.39 is 0 Å². The summed E-state index contributed by atoms with van der Waals surface area (Å²) in [5.74, 6) is 1.12. The summed E-state index contributed by atoms with van der Waals surface area (Å²) in [6.07, 6.45) is 2.51. The molecule has 6 heteroatoms. The van der Waals surface area contributed by atoms with Crippen molar-refractivity contribution in [3.8, 4) is 17.0 Å². The van der Waals surface area contributed by atoms with Gasteiger partial charge in [-0.2, -0.15) is 0 Å². The Kier molecular flexibility index (Phi) is 6.77. The molecule has 1 N–H and O–H groups in total. The summed E-state index contributed by atoms with van der Waals surface area (Å²) in [7, 11) is 1.68. The predicted octanol–water partition coefficient (Wildman–Crippen LogP) is 4.49. The number of methoxy groups -OCH3 is 1. The van der Waals surface area contributed by atoms with Crippen molar-refractivity contribution in [1.29, 1.82) is 0 Å². The van der Waals surface area contributed by atoms with Crippen LogP contribution in [0.5, 0.6) is 5.75 Å². The van der Waals surface area contributed by atoms with Crippen LogP contribution in [0.1, 0.15) is 29.8 Å². The Morgan fingerprint density at radius 2 is 2.07 bits per heavy atom. The summed E-state index contributed by atoms with van der Waals surface area (Å²) in [5, 5.41) is 6.58. The number of likely N-dealkylation sites (tertiary alicyclic amines) is 1. The largest absolute Gasteiger partial charge is 0.497 e. The molecule has 1 aliphatic rings. The average Bonchev–Trinajstić information content (AvgIpc) is 3.40. The summed E-state index contributed by atoms with van der Waals surface area (Å²) in [6.45, 7) is 2.28. The van der Waals surface area contributed by atoms with Gasteiger partial charge in [0.1, 0.15) is 10.8 Å². The first-order valence-electron chi connectivity index (χ1n) is 10.4. The van der Waals surface area contributed by atoms with E-state index in [4.69, 9.17) is 9.72 Å². The van der Waals surface area contributed by atoms with E-state index in [2.05, 4.69) is 28.9 Å². The zero-order chi connectivity index (χ0) is 20.8. The number of aromatic nitrogens is 1. The lowest BCUT2D eigenvalue weighted by molar-refractivity contribution is -0.129. The van der Waals surface area contributed by atoms with E-state index in [9.17, 15) is 4.79 Å². The molecule has 1 atom stereocenters. The van der Waals surface area contributed by atoms with Crippen LogP contribution >= 0.6 is 11.3 Å². The number of benzene rings is 2. The number of nitrogens with zero attached hydrogens (tertiary/aromatic N) is 2. The highest BCUT2D eigenvalue weighted by Gasteiger charge is 2.31. The van der Waals surface area contributed by atoms with E-state index in [-0.39, 0.29) is 11.9 Å². The van der Waals surface area contributed by atoms with Gasteiger partial charge in [0.05, 0.1) is 19.3 Å². The van der Waals surface area contributed by atoms with Gasteiger partial charge in [0, 0.05) is 30.0 Å². The maximum atomic E-state index is 12.5. The first kappa shape index (κ1) is 20.6. The zero-order valence-electron chi connectivity index (χ0n) is 17.2. The fourth-order valence-corrected chi connectivity index (χ4v) is 4.67. The van der Waals surface area contributed by atoms with Crippen LogP contribution in [0.2, 0.25) is 0 Å². The molecule has 5 nitrogen and oxygen atoms in total. The summed E-state index contributed by atoms with van der Waals surface area (Å²) in [4.78, 5) is 19.2. The Balaban J connectivity index is 1.30. The normalized spacial score (nSPS) is 16.2. The van der Waals surface area contributed by atoms with Gasteiger partial charge >= 0.3 is 0 Å². The van der Waals surface area contributed by atoms with Gasteiger partial charge in [0.2, 0.25) is 5.91 Å². The Morgan fingerprint density at radius 1 is 1.20 bits per heavy atom. The van der Waals surface area contributed by atoms with Crippen molar-refractivity contribution in [2.75, 3.05) is 13.7 Å². The topological polar surface area (TPSA) is 54.5 Å². The Bertz CT molecular complexity index is 973. The van der Waals surface area contributed by atoms with Crippen LogP contribution in [0.15, 0.2) is 60.0 Å². The van der Waals surface area contributed by atoms with Crippen molar-refractivity contribution in [3.63, 3.8) is 0 Å². The number of nitrogens with one attached hydrogen (secondary N) is 1. The van der Waals surface area contributed by atoms with Crippen molar-refractivity contribution in [2.45, 2.75) is 38.4 Å². The van der Waals surface area contributed by atoms with Crippen LogP contribution in [0.4, 0.5) is 0 Å². The molecule has 1 unspecified atom stereocenters. The minimum Gasteiger partial charge on any atom is -0.497 e. The molecule has 0 bridgehead atoms. The van der Waals surface area contributed by atoms with Crippen LogP contribution in [0, 0.1) is 0 Å². The van der Waals surface area contributed by atoms with E-state index in [1.807, 2.05) is 41.3 Å². The molecule has 1 fully saturated rings. The van der Waals surface area contributed by atoms with Gasteiger partial charge in [-0.15, -0.1) is 11.3 Å². The van der Waals surface area contributed by atoms with E-state index in [1.165, 1.54) is 5.56 Å². The number of amides is 1. The number of hydrogen-bond acceptors (Lipinski definition) is 5. The van der Waals surface area contributed by atoms with Gasteiger partial charge < -0.3 is 15.0 Å².